The van der Waals surface area contributed by atoms with Gasteiger partial charge in [-0.3, -0.25) is 0 Å². The minimum Gasteiger partial charge on any atom is -0.468 e. The molecule has 1 saturated carbocycles. The van der Waals surface area contributed by atoms with Crippen molar-refractivity contribution in [2.45, 2.75) is 19.4 Å². The summed E-state index contributed by atoms with van der Waals surface area (Å²) in [6.07, 6.45) is 2.62. The summed E-state index contributed by atoms with van der Waals surface area (Å²) in [5.74, 6) is 1.64. The number of nitrogens with one attached hydrogen (secondary N) is 1. The normalized spacial score (nSPS) is 14.6. The van der Waals surface area contributed by atoms with Crippen LogP contribution < -0.4 is 10.1 Å². The predicted octanol–water partition coefficient (Wildman–Crippen LogP) is 2.19. The molecule has 0 unspecified atom stereocenters. The number of methoxy groups -OCH3 is 1. The highest BCUT2D eigenvalue weighted by Gasteiger charge is 2.21. The molecule has 106 valence electrons. The Morgan fingerprint density at radius 3 is 3.00 bits per heavy atom. The fourth-order valence-corrected chi connectivity index (χ4v) is 1.76. The van der Waals surface area contributed by atoms with Gasteiger partial charge in [-0.05, 0) is 36.5 Å². The lowest BCUT2D eigenvalue weighted by molar-refractivity contribution is 0.00994. The van der Waals surface area contributed by atoms with Crippen LogP contribution in [0.1, 0.15) is 18.4 Å². The maximum absolute atomic E-state index is 5.58. The van der Waals surface area contributed by atoms with Crippen LogP contribution in [0, 0.1) is 5.92 Å². The highest BCUT2D eigenvalue weighted by atomic mass is 16.7. The average molecular weight is 265 g/mol. The summed E-state index contributed by atoms with van der Waals surface area (Å²) in [6, 6.07) is 8.08. The summed E-state index contributed by atoms with van der Waals surface area (Å²) in [6.45, 7) is 3.58. The minimum absolute atomic E-state index is 0.344. The average Bonchev–Trinajstić information content (AvgIpc) is 3.25. The zero-order valence-corrected chi connectivity index (χ0v) is 11.6. The van der Waals surface area contributed by atoms with Crippen molar-refractivity contribution < 1.29 is 14.2 Å². The molecule has 19 heavy (non-hydrogen) atoms. The maximum Gasteiger partial charge on any atom is 0.189 e. The quantitative estimate of drug-likeness (QED) is 0.520. The Morgan fingerprint density at radius 1 is 1.32 bits per heavy atom. The number of ether oxygens (including phenoxy) is 3. The molecular weight excluding hydrogens is 242 g/mol. The van der Waals surface area contributed by atoms with E-state index >= 15 is 0 Å². The van der Waals surface area contributed by atoms with E-state index in [1.165, 1.54) is 18.4 Å². The van der Waals surface area contributed by atoms with Crippen molar-refractivity contribution in [2.75, 3.05) is 33.7 Å². The van der Waals surface area contributed by atoms with E-state index in [0.29, 0.717) is 6.79 Å². The summed E-state index contributed by atoms with van der Waals surface area (Å²) in [5.41, 5.74) is 1.20. The fraction of sp³-hybridized carbons (Fsp3) is 0.600. The van der Waals surface area contributed by atoms with Gasteiger partial charge in [-0.2, -0.15) is 0 Å². The summed E-state index contributed by atoms with van der Waals surface area (Å²) in [4.78, 5) is 0. The van der Waals surface area contributed by atoms with Gasteiger partial charge in [0.2, 0.25) is 0 Å². The topological polar surface area (TPSA) is 39.7 Å². The van der Waals surface area contributed by atoms with Crippen molar-refractivity contribution in [2.24, 2.45) is 5.92 Å². The van der Waals surface area contributed by atoms with E-state index in [4.69, 9.17) is 14.2 Å². The Hall–Kier alpha value is -1.10. The molecule has 1 aromatic rings. The zero-order valence-electron chi connectivity index (χ0n) is 11.6. The predicted molar refractivity (Wildman–Crippen MR) is 74.2 cm³/mol. The van der Waals surface area contributed by atoms with Crippen LogP contribution in [0.2, 0.25) is 0 Å². The summed E-state index contributed by atoms with van der Waals surface area (Å²) >= 11 is 0. The van der Waals surface area contributed by atoms with Gasteiger partial charge in [0.15, 0.2) is 6.79 Å². The molecule has 4 heteroatoms. The first kappa shape index (κ1) is 14.3. The lowest BCUT2D eigenvalue weighted by Gasteiger charge is -2.09. The number of benzene rings is 1. The van der Waals surface area contributed by atoms with Crippen molar-refractivity contribution in [1.82, 2.24) is 5.32 Å². The first-order valence-electron chi connectivity index (χ1n) is 6.87. The van der Waals surface area contributed by atoms with Gasteiger partial charge in [0.25, 0.3) is 0 Å². The Balaban J connectivity index is 1.64. The molecule has 1 aliphatic carbocycles. The number of hydrogen-bond acceptors (Lipinski definition) is 4. The van der Waals surface area contributed by atoms with Crippen LogP contribution in [0.5, 0.6) is 5.75 Å². The molecule has 0 aliphatic heterocycles. The van der Waals surface area contributed by atoms with E-state index < -0.39 is 0 Å². The fourth-order valence-electron chi connectivity index (χ4n) is 1.76. The van der Waals surface area contributed by atoms with Gasteiger partial charge < -0.3 is 19.5 Å². The highest BCUT2D eigenvalue weighted by Crippen LogP contribution is 2.28. The molecule has 0 amide bonds. The van der Waals surface area contributed by atoms with Crippen LogP contribution in [0.25, 0.3) is 0 Å². The second kappa shape index (κ2) is 8.15. The van der Waals surface area contributed by atoms with Crippen LogP contribution in [0.15, 0.2) is 24.3 Å². The van der Waals surface area contributed by atoms with Crippen molar-refractivity contribution in [1.29, 1.82) is 0 Å². The molecule has 0 atom stereocenters. The van der Waals surface area contributed by atoms with Gasteiger partial charge in [-0.1, -0.05) is 12.1 Å². The Morgan fingerprint density at radius 2 is 2.21 bits per heavy atom. The van der Waals surface area contributed by atoms with Gasteiger partial charge in [0.05, 0.1) is 13.2 Å². The molecule has 0 heterocycles. The van der Waals surface area contributed by atoms with E-state index in [0.717, 1.165) is 38.0 Å². The van der Waals surface area contributed by atoms with Gasteiger partial charge in [-0.15, -0.1) is 0 Å². The molecule has 2 rings (SSSR count). The van der Waals surface area contributed by atoms with Crippen molar-refractivity contribution in [3.8, 4) is 5.75 Å². The lowest BCUT2D eigenvalue weighted by atomic mass is 10.2. The molecule has 1 N–H and O–H groups in total. The van der Waals surface area contributed by atoms with Gasteiger partial charge in [-0.25, -0.2) is 0 Å². The number of hydrogen-bond donors (Lipinski definition) is 1. The minimum atomic E-state index is 0.344. The molecule has 1 fully saturated rings. The van der Waals surface area contributed by atoms with Crippen molar-refractivity contribution in [3.63, 3.8) is 0 Å². The smallest absolute Gasteiger partial charge is 0.189 e. The third kappa shape index (κ3) is 6.05. The second-order valence-electron chi connectivity index (χ2n) is 4.89. The molecule has 0 aromatic heterocycles. The molecule has 0 radical (unpaired) electrons. The number of rotatable bonds is 10. The first-order chi connectivity index (χ1) is 9.38. The molecule has 1 aromatic carbocycles. The maximum atomic E-state index is 5.58. The van der Waals surface area contributed by atoms with Gasteiger partial charge in [0, 0.05) is 20.2 Å². The van der Waals surface area contributed by atoms with Crippen LogP contribution in [0.3, 0.4) is 0 Å². The summed E-state index contributed by atoms with van der Waals surface area (Å²) < 4.78 is 16.0. The Bertz CT molecular complexity index is 366. The van der Waals surface area contributed by atoms with Crippen molar-refractivity contribution in [3.05, 3.63) is 29.8 Å². The molecule has 1 aliphatic rings. The van der Waals surface area contributed by atoms with Gasteiger partial charge >= 0.3 is 0 Å². The zero-order chi connectivity index (χ0) is 13.3. The Labute approximate surface area is 115 Å². The van der Waals surface area contributed by atoms with Crippen LogP contribution in [-0.4, -0.2) is 33.7 Å². The third-order valence-corrected chi connectivity index (χ3v) is 3.07. The molecule has 0 saturated heterocycles. The first-order valence-corrected chi connectivity index (χ1v) is 6.87. The lowest BCUT2D eigenvalue weighted by Crippen LogP contribution is -2.18. The van der Waals surface area contributed by atoms with E-state index in [2.05, 4.69) is 11.4 Å². The van der Waals surface area contributed by atoms with E-state index in [-0.39, 0.29) is 0 Å². The van der Waals surface area contributed by atoms with Crippen LogP contribution in [-0.2, 0) is 16.0 Å². The SMILES string of the molecule is COCCNCc1cccc(OCOCC2CC2)c1. The second-order valence-corrected chi connectivity index (χ2v) is 4.89. The molecule has 0 spiro atoms. The third-order valence-electron chi connectivity index (χ3n) is 3.07. The Kier molecular flexibility index (Phi) is 6.14. The largest absolute Gasteiger partial charge is 0.468 e. The highest BCUT2D eigenvalue weighted by molar-refractivity contribution is 5.28. The molecule has 0 bridgehead atoms. The molecule has 4 nitrogen and oxygen atoms in total. The standard InChI is InChI=1S/C15H23NO3/c1-17-8-7-16-10-14-3-2-4-15(9-14)19-12-18-11-13-5-6-13/h2-4,9,13,16H,5-8,10-12H2,1H3. The van der Waals surface area contributed by atoms with E-state index in [1.54, 1.807) is 7.11 Å². The van der Waals surface area contributed by atoms with E-state index in [1.807, 2.05) is 18.2 Å². The monoisotopic (exact) mass is 265 g/mol. The summed E-state index contributed by atoms with van der Waals surface area (Å²) in [5, 5.41) is 3.31. The molecular formula is C15H23NO3. The van der Waals surface area contributed by atoms with Crippen LogP contribution >= 0.6 is 0 Å². The van der Waals surface area contributed by atoms with Crippen LogP contribution in [0.4, 0.5) is 0 Å². The van der Waals surface area contributed by atoms with Crippen molar-refractivity contribution >= 4 is 0 Å². The van der Waals surface area contributed by atoms with Gasteiger partial charge in [0.1, 0.15) is 5.75 Å². The summed E-state index contributed by atoms with van der Waals surface area (Å²) in [7, 11) is 1.71. The van der Waals surface area contributed by atoms with E-state index in [9.17, 15) is 0 Å².